The third kappa shape index (κ3) is 4.90. The minimum Gasteiger partial charge on any atom is -0.372 e. The Labute approximate surface area is 165 Å². The number of hydrogen-bond acceptors (Lipinski definition) is 4. The second-order valence-electron chi connectivity index (χ2n) is 7.68. The smallest absolute Gasteiger partial charge is 0.245 e. The summed E-state index contributed by atoms with van der Waals surface area (Å²) in [6.45, 7) is 9.81. The number of rotatable bonds is 4. The number of carbonyl (C=O) groups is 2. The van der Waals surface area contributed by atoms with Crippen LogP contribution < -0.4 is 10.2 Å². The third-order valence-electron chi connectivity index (χ3n) is 5.21. The molecule has 2 aliphatic heterocycles. The molecule has 28 heavy (non-hydrogen) atoms. The van der Waals surface area contributed by atoms with Gasteiger partial charge in [0, 0.05) is 37.6 Å². The number of nitrogens with zero attached hydrogens (tertiary/aromatic N) is 2. The first-order chi connectivity index (χ1) is 13.4. The summed E-state index contributed by atoms with van der Waals surface area (Å²) in [5, 5.41) is 2.83. The lowest BCUT2D eigenvalue weighted by atomic mass is 9.97. The zero-order valence-electron chi connectivity index (χ0n) is 16.5. The number of morpholine rings is 1. The summed E-state index contributed by atoms with van der Waals surface area (Å²) in [5.41, 5.74) is 1.16. The van der Waals surface area contributed by atoms with E-state index in [4.69, 9.17) is 4.74 Å². The summed E-state index contributed by atoms with van der Waals surface area (Å²) >= 11 is 0. The molecule has 7 heteroatoms. The van der Waals surface area contributed by atoms with Gasteiger partial charge in [-0.25, -0.2) is 4.39 Å². The van der Waals surface area contributed by atoms with Crippen molar-refractivity contribution < 1.29 is 18.7 Å². The molecule has 6 nitrogen and oxygen atoms in total. The molecular weight excluding hydrogens is 361 g/mol. The molecule has 1 N–H and O–H groups in total. The molecule has 152 valence electrons. The topological polar surface area (TPSA) is 61.9 Å². The van der Waals surface area contributed by atoms with Gasteiger partial charge in [0.1, 0.15) is 5.82 Å². The van der Waals surface area contributed by atoms with Gasteiger partial charge in [-0.2, -0.15) is 0 Å². The Bertz CT molecular complexity index is 744. The summed E-state index contributed by atoms with van der Waals surface area (Å²) in [6, 6.07) is 4.59. The van der Waals surface area contributed by atoms with Crippen LogP contribution in [0.15, 0.2) is 30.9 Å². The molecule has 1 aromatic carbocycles. The second kappa shape index (κ2) is 8.73. The van der Waals surface area contributed by atoms with Crippen molar-refractivity contribution >= 4 is 23.2 Å². The predicted octanol–water partition coefficient (Wildman–Crippen LogP) is 2.80. The number of benzene rings is 1. The van der Waals surface area contributed by atoms with E-state index >= 15 is 0 Å². The van der Waals surface area contributed by atoms with E-state index in [1.807, 2.05) is 13.8 Å². The van der Waals surface area contributed by atoms with Crippen molar-refractivity contribution in [2.45, 2.75) is 38.9 Å². The molecule has 3 rings (SSSR count). The van der Waals surface area contributed by atoms with Gasteiger partial charge in [-0.05, 0) is 51.0 Å². The van der Waals surface area contributed by atoms with Crippen molar-refractivity contribution in [3.05, 3.63) is 36.7 Å². The summed E-state index contributed by atoms with van der Waals surface area (Å²) in [5.74, 6) is -1.07. The molecule has 0 bridgehead atoms. The largest absolute Gasteiger partial charge is 0.372 e. The Morgan fingerprint density at radius 1 is 1.21 bits per heavy atom. The van der Waals surface area contributed by atoms with Crippen LogP contribution in [0.25, 0.3) is 0 Å². The van der Waals surface area contributed by atoms with Gasteiger partial charge in [0.05, 0.1) is 18.1 Å². The van der Waals surface area contributed by atoms with Gasteiger partial charge >= 0.3 is 0 Å². The van der Waals surface area contributed by atoms with Crippen LogP contribution >= 0.6 is 0 Å². The predicted molar refractivity (Wildman–Crippen MR) is 107 cm³/mol. The van der Waals surface area contributed by atoms with E-state index in [1.54, 1.807) is 11.0 Å². The Hall–Kier alpha value is -2.41. The fraction of sp³-hybridized carbons (Fsp3) is 0.524. The van der Waals surface area contributed by atoms with E-state index in [2.05, 4.69) is 16.8 Å². The van der Waals surface area contributed by atoms with E-state index in [9.17, 15) is 14.0 Å². The molecule has 2 amide bonds. The summed E-state index contributed by atoms with van der Waals surface area (Å²) < 4.78 is 19.9. The Morgan fingerprint density at radius 3 is 2.61 bits per heavy atom. The van der Waals surface area contributed by atoms with Gasteiger partial charge in [-0.1, -0.05) is 6.58 Å². The number of nitrogens with one attached hydrogen (secondary N) is 1. The van der Waals surface area contributed by atoms with Crippen molar-refractivity contribution in [3.8, 4) is 0 Å². The maximum Gasteiger partial charge on any atom is 0.245 e. The van der Waals surface area contributed by atoms with Gasteiger partial charge < -0.3 is 19.9 Å². The highest BCUT2D eigenvalue weighted by Crippen LogP contribution is 2.26. The van der Waals surface area contributed by atoms with Crippen LogP contribution in [0.1, 0.15) is 26.7 Å². The molecule has 0 saturated carbocycles. The summed E-state index contributed by atoms with van der Waals surface area (Å²) in [6.07, 6.45) is 2.84. The number of anilines is 2. The van der Waals surface area contributed by atoms with Crippen LogP contribution in [0.2, 0.25) is 0 Å². The number of amides is 2. The normalized spacial score (nSPS) is 25.3. The Morgan fingerprint density at radius 2 is 1.93 bits per heavy atom. The van der Waals surface area contributed by atoms with Crippen LogP contribution in [-0.2, 0) is 14.3 Å². The highest BCUT2D eigenvalue weighted by atomic mass is 19.1. The second-order valence-corrected chi connectivity index (χ2v) is 7.68. The average molecular weight is 389 g/mol. The van der Waals surface area contributed by atoms with Crippen molar-refractivity contribution in [1.29, 1.82) is 0 Å². The maximum absolute atomic E-state index is 14.2. The maximum atomic E-state index is 14.2. The SMILES string of the molecule is C=CC(=O)N1CCCC(C(=O)Nc2cc(F)cc(N3C[C@@H](C)O[C@@H](C)C3)c2)C1. The van der Waals surface area contributed by atoms with E-state index < -0.39 is 5.82 Å². The lowest BCUT2D eigenvalue weighted by molar-refractivity contribution is -0.130. The quantitative estimate of drug-likeness (QED) is 0.805. The highest BCUT2D eigenvalue weighted by molar-refractivity contribution is 5.94. The minimum absolute atomic E-state index is 0.0562. The Balaban J connectivity index is 1.70. The molecule has 2 aliphatic rings. The van der Waals surface area contributed by atoms with E-state index in [-0.39, 0.29) is 29.9 Å². The van der Waals surface area contributed by atoms with Gasteiger partial charge in [0.15, 0.2) is 0 Å². The summed E-state index contributed by atoms with van der Waals surface area (Å²) in [7, 11) is 0. The fourth-order valence-corrected chi connectivity index (χ4v) is 3.98. The molecular formula is C21H28FN3O3. The lowest BCUT2D eigenvalue weighted by Gasteiger charge is -2.37. The molecule has 0 aromatic heterocycles. The molecule has 2 saturated heterocycles. The van der Waals surface area contributed by atoms with Gasteiger partial charge in [0.2, 0.25) is 11.8 Å². The minimum atomic E-state index is -0.397. The molecule has 3 atom stereocenters. The van der Waals surface area contributed by atoms with Crippen molar-refractivity contribution in [2.75, 3.05) is 36.4 Å². The monoisotopic (exact) mass is 389 g/mol. The van der Waals surface area contributed by atoms with E-state index in [0.717, 1.165) is 12.1 Å². The van der Waals surface area contributed by atoms with Gasteiger partial charge in [0.25, 0.3) is 0 Å². The van der Waals surface area contributed by atoms with Crippen LogP contribution in [0.5, 0.6) is 0 Å². The number of piperidine rings is 1. The van der Waals surface area contributed by atoms with Gasteiger partial charge in [-0.15, -0.1) is 0 Å². The third-order valence-corrected chi connectivity index (χ3v) is 5.21. The molecule has 0 spiro atoms. The number of ether oxygens (including phenoxy) is 1. The van der Waals surface area contributed by atoms with Crippen molar-refractivity contribution in [2.24, 2.45) is 5.92 Å². The molecule has 2 fully saturated rings. The zero-order chi connectivity index (χ0) is 20.3. The van der Waals surface area contributed by atoms with Crippen LogP contribution in [0.3, 0.4) is 0 Å². The lowest BCUT2D eigenvalue weighted by Crippen LogP contribution is -2.45. The average Bonchev–Trinajstić information content (AvgIpc) is 2.66. The van der Waals surface area contributed by atoms with E-state index in [0.29, 0.717) is 38.3 Å². The van der Waals surface area contributed by atoms with Crippen molar-refractivity contribution in [1.82, 2.24) is 4.90 Å². The highest BCUT2D eigenvalue weighted by Gasteiger charge is 2.28. The van der Waals surface area contributed by atoms with Crippen molar-refractivity contribution in [3.63, 3.8) is 0 Å². The van der Waals surface area contributed by atoms with Crippen LogP contribution in [0, 0.1) is 11.7 Å². The molecule has 0 aliphatic carbocycles. The zero-order valence-corrected chi connectivity index (χ0v) is 16.5. The molecule has 1 unspecified atom stereocenters. The Kier molecular flexibility index (Phi) is 6.34. The standard InChI is InChI=1S/C21H28FN3O3/c1-4-20(26)24-7-5-6-16(13-24)21(27)23-18-8-17(22)9-19(10-18)25-11-14(2)28-15(3)12-25/h4,8-10,14-16H,1,5-7,11-13H2,2-3H3,(H,23,27)/t14-,15+,16?. The van der Waals surface area contributed by atoms with E-state index in [1.165, 1.54) is 18.2 Å². The first-order valence-electron chi connectivity index (χ1n) is 9.79. The first kappa shape index (κ1) is 20.3. The fourth-order valence-electron chi connectivity index (χ4n) is 3.98. The number of hydrogen-bond donors (Lipinski definition) is 1. The number of carbonyl (C=O) groups excluding carboxylic acids is 2. The van der Waals surface area contributed by atoms with Crippen LogP contribution in [-0.4, -0.2) is 55.1 Å². The van der Waals surface area contributed by atoms with Crippen LogP contribution in [0.4, 0.5) is 15.8 Å². The number of halogens is 1. The summed E-state index contributed by atoms with van der Waals surface area (Å²) in [4.78, 5) is 28.2. The number of likely N-dealkylation sites (tertiary alicyclic amines) is 1. The molecule has 0 radical (unpaired) electrons. The first-order valence-corrected chi connectivity index (χ1v) is 9.79. The molecule has 2 heterocycles. The van der Waals surface area contributed by atoms with Gasteiger partial charge in [-0.3, -0.25) is 9.59 Å². The molecule has 1 aromatic rings.